The van der Waals surface area contributed by atoms with Gasteiger partial charge in [-0.15, -0.1) is 0 Å². The molecule has 3 nitrogen and oxygen atoms in total. The Hall–Kier alpha value is -1.95. The van der Waals surface area contributed by atoms with Crippen molar-refractivity contribution in [3.05, 3.63) is 64.1 Å². The summed E-state index contributed by atoms with van der Waals surface area (Å²) in [5.41, 5.74) is 0.439. The van der Waals surface area contributed by atoms with Crippen molar-refractivity contribution in [3.63, 3.8) is 0 Å². The largest absolute Gasteiger partial charge is 0.490 e. The second kappa shape index (κ2) is 8.78. The van der Waals surface area contributed by atoms with Crippen LogP contribution in [0.5, 0.6) is 5.75 Å². The Morgan fingerprint density at radius 3 is 2.62 bits per heavy atom. The first-order valence-corrected chi connectivity index (χ1v) is 8.39. The third kappa shape index (κ3) is 5.03. The lowest BCUT2D eigenvalue weighted by Gasteiger charge is -2.21. The Balaban J connectivity index is 1.92. The first kappa shape index (κ1) is 18.4. The molecule has 0 heterocycles. The SMILES string of the molecule is CCN(Cc1cc(Br)ccc1F)C(=O)CCOc1ccccc1F. The lowest BCUT2D eigenvalue weighted by molar-refractivity contribution is -0.132. The summed E-state index contributed by atoms with van der Waals surface area (Å²) in [6.07, 6.45) is 0.0950. The van der Waals surface area contributed by atoms with Crippen LogP contribution in [0, 0.1) is 11.6 Å². The van der Waals surface area contributed by atoms with Crippen LogP contribution in [-0.4, -0.2) is 24.0 Å². The van der Waals surface area contributed by atoms with E-state index in [0.29, 0.717) is 12.1 Å². The summed E-state index contributed by atoms with van der Waals surface area (Å²) in [4.78, 5) is 13.8. The molecule has 0 radical (unpaired) electrons. The molecule has 6 heteroatoms. The van der Waals surface area contributed by atoms with Gasteiger partial charge < -0.3 is 9.64 Å². The number of halogens is 3. The summed E-state index contributed by atoms with van der Waals surface area (Å²) in [6, 6.07) is 10.7. The molecule has 0 N–H and O–H groups in total. The highest BCUT2D eigenvalue weighted by atomic mass is 79.9. The minimum atomic E-state index is -0.464. The molecule has 2 aromatic carbocycles. The number of ether oxygens (including phenoxy) is 1. The van der Waals surface area contributed by atoms with Gasteiger partial charge in [0, 0.05) is 23.1 Å². The topological polar surface area (TPSA) is 29.5 Å². The van der Waals surface area contributed by atoms with E-state index in [-0.39, 0.29) is 37.0 Å². The molecule has 2 rings (SSSR count). The molecule has 0 fully saturated rings. The van der Waals surface area contributed by atoms with Crippen LogP contribution in [0.4, 0.5) is 8.78 Å². The maximum atomic E-state index is 13.8. The van der Waals surface area contributed by atoms with Crippen molar-refractivity contribution < 1.29 is 18.3 Å². The van der Waals surface area contributed by atoms with Gasteiger partial charge in [-0.3, -0.25) is 4.79 Å². The van der Waals surface area contributed by atoms with Crippen LogP contribution in [0.2, 0.25) is 0 Å². The van der Waals surface area contributed by atoms with Crippen molar-refractivity contribution in [1.29, 1.82) is 0 Å². The van der Waals surface area contributed by atoms with Crippen molar-refractivity contribution >= 4 is 21.8 Å². The zero-order valence-electron chi connectivity index (χ0n) is 13.3. The summed E-state index contributed by atoms with van der Waals surface area (Å²) < 4.78 is 33.3. The smallest absolute Gasteiger partial charge is 0.226 e. The van der Waals surface area contributed by atoms with Gasteiger partial charge in [0.1, 0.15) is 5.82 Å². The second-order valence-corrected chi connectivity index (χ2v) is 6.09. The number of hydrogen-bond donors (Lipinski definition) is 0. The third-order valence-corrected chi connectivity index (χ3v) is 4.01. The number of para-hydroxylation sites is 1. The zero-order valence-corrected chi connectivity index (χ0v) is 14.9. The molecule has 0 saturated carbocycles. The van der Waals surface area contributed by atoms with Gasteiger partial charge in [-0.05, 0) is 37.3 Å². The van der Waals surface area contributed by atoms with Gasteiger partial charge in [-0.1, -0.05) is 28.1 Å². The van der Waals surface area contributed by atoms with E-state index in [1.54, 1.807) is 24.3 Å². The number of carbonyl (C=O) groups is 1. The number of benzene rings is 2. The molecule has 0 atom stereocenters. The van der Waals surface area contributed by atoms with E-state index >= 15 is 0 Å². The molecule has 0 saturated heterocycles. The van der Waals surface area contributed by atoms with Gasteiger partial charge in [0.15, 0.2) is 11.6 Å². The molecule has 0 bridgehead atoms. The molecule has 128 valence electrons. The van der Waals surface area contributed by atoms with Gasteiger partial charge in [-0.25, -0.2) is 8.78 Å². The average Bonchev–Trinajstić information content (AvgIpc) is 2.57. The highest BCUT2D eigenvalue weighted by Gasteiger charge is 2.15. The molecule has 24 heavy (non-hydrogen) atoms. The van der Waals surface area contributed by atoms with Crippen molar-refractivity contribution in [1.82, 2.24) is 4.90 Å². The summed E-state index contributed by atoms with van der Waals surface area (Å²) in [5.74, 6) is -0.875. The number of hydrogen-bond acceptors (Lipinski definition) is 2. The number of nitrogens with zero attached hydrogens (tertiary/aromatic N) is 1. The highest BCUT2D eigenvalue weighted by molar-refractivity contribution is 9.10. The Morgan fingerprint density at radius 2 is 1.92 bits per heavy atom. The van der Waals surface area contributed by atoms with Crippen molar-refractivity contribution in [2.75, 3.05) is 13.2 Å². The first-order valence-electron chi connectivity index (χ1n) is 7.60. The van der Waals surface area contributed by atoms with Crippen LogP contribution >= 0.6 is 15.9 Å². The fourth-order valence-electron chi connectivity index (χ4n) is 2.21. The molecule has 0 aliphatic rings. The van der Waals surface area contributed by atoms with Gasteiger partial charge in [-0.2, -0.15) is 0 Å². The normalized spacial score (nSPS) is 10.5. The van der Waals surface area contributed by atoms with E-state index in [1.165, 1.54) is 23.1 Å². The van der Waals surface area contributed by atoms with Crippen molar-refractivity contribution in [3.8, 4) is 5.75 Å². The fraction of sp³-hybridized carbons (Fsp3) is 0.278. The Kier molecular flexibility index (Phi) is 6.73. The Labute approximate surface area is 148 Å². The van der Waals surface area contributed by atoms with Gasteiger partial charge >= 0.3 is 0 Å². The molecule has 0 spiro atoms. The van der Waals surface area contributed by atoms with Crippen LogP contribution < -0.4 is 4.74 Å². The molecule has 0 aliphatic carbocycles. The predicted octanol–water partition coefficient (Wildman–Crippen LogP) is 4.54. The highest BCUT2D eigenvalue weighted by Crippen LogP contribution is 2.18. The molecule has 0 aliphatic heterocycles. The molecule has 0 aromatic heterocycles. The minimum absolute atomic E-state index is 0.0667. The van der Waals surface area contributed by atoms with Gasteiger partial charge in [0.25, 0.3) is 0 Å². The zero-order chi connectivity index (χ0) is 17.5. The maximum absolute atomic E-state index is 13.8. The van der Waals surface area contributed by atoms with Crippen molar-refractivity contribution in [2.45, 2.75) is 19.9 Å². The van der Waals surface area contributed by atoms with E-state index in [2.05, 4.69) is 15.9 Å². The fourth-order valence-corrected chi connectivity index (χ4v) is 2.62. The minimum Gasteiger partial charge on any atom is -0.490 e. The van der Waals surface area contributed by atoms with Crippen LogP contribution in [0.25, 0.3) is 0 Å². The molecular weight excluding hydrogens is 380 g/mol. The molecule has 1 amide bonds. The summed E-state index contributed by atoms with van der Waals surface area (Å²) >= 11 is 3.29. The Morgan fingerprint density at radius 1 is 1.17 bits per heavy atom. The Bertz CT molecular complexity index is 709. The number of amides is 1. The van der Waals surface area contributed by atoms with Crippen LogP contribution in [-0.2, 0) is 11.3 Å². The lowest BCUT2D eigenvalue weighted by atomic mass is 10.2. The third-order valence-electron chi connectivity index (χ3n) is 3.51. The van der Waals surface area contributed by atoms with Crippen LogP contribution in [0.1, 0.15) is 18.9 Å². The van der Waals surface area contributed by atoms with E-state index in [0.717, 1.165) is 4.47 Å². The molecule has 2 aromatic rings. The van der Waals surface area contributed by atoms with Crippen molar-refractivity contribution in [2.24, 2.45) is 0 Å². The maximum Gasteiger partial charge on any atom is 0.226 e. The molecular formula is C18H18BrF2NO2. The van der Waals surface area contributed by atoms with Crippen LogP contribution in [0.15, 0.2) is 46.9 Å². The first-order chi connectivity index (χ1) is 11.5. The molecule has 0 unspecified atom stereocenters. The van der Waals surface area contributed by atoms with E-state index in [4.69, 9.17) is 4.74 Å². The van der Waals surface area contributed by atoms with Gasteiger partial charge in [0.05, 0.1) is 13.0 Å². The number of carbonyl (C=O) groups excluding carboxylic acids is 1. The summed E-state index contributed by atoms with van der Waals surface area (Å²) in [5, 5.41) is 0. The predicted molar refractivity (Wildman–Crippen MR) is 91.7 cm³/mol. The second-order valence-electron chi connectivity index (χ2n) is 5.17. The van der Waals surface area contributed by atoms with E-state index in [9.17, 15) is 13.6 Å². The summed E-state index contributed by atoms with van der Waals surface area (Å²) in [6.45, 7) is 2.52. The van der Waals surface area contributed by atoms with Gasteiger partial charge in [0.2, 0.25) is 5.91 Å². The summed E-state index contributed by atoms with van der Waals surface area (Å²) in [7, 11) is 0. The van der Waals surface area contributed by atoms with E-state index < -0.39 is 5.82 Å². The van der Waals surface area contributed by atoms with E-state index in [1.807, 2.05) is 6.92 Å². The quantitative estimate of drug-likeness (QED) is 0.685. The van der Waals surface area contributed by atoms with Crippen LogP contribution in [0.3, 0.4) is 0 Å². The average molecular weight is 398 g/mol. The number of rotatable bonds is 7. The lowest BCUT2D eigenvalue weighted by Crippen LogP contribution is -2.31. The monoisotopic (exact) mass is 397 g/mol. The standard InChI is InChI=1S/C18H18BrF2NO2/c1-2-22(12-13-11-14(19)7-8-15(13)20)18(23)9-10-24-17-6-4-3-5-16(17)21/h3-8,11H,2,9-10,12H2,1H3.